The molecular formula is C18H23NO. The molecule has 0 aliphatic rings. The van der Waals surface area contributed by atoms with Crippen molar-refractivity contribution in [2.24, 2.45) is 0 Å². The number of nitrogens with zero attached hydrogens (tertiary/aromatic N) is 1. The van der Waals surface area contributed by atoms with Crippen molar-refractivity contribution in [1.82, 2.24) is 4.98 Å². The van der Waals surface area contributed by atoms with E-state index in [1.807, 2.05) is 12.3 Å². The van der Waals surface area contributed by atoms with Crippen LogP contribution in [0.5, 0.6) is 0 Å². The normalized spacial score (nSPS) is 10.8. The second-order valence-electron chi connectivity index (χ2n) is 5.32. The zero-order valence-corrected chi connectivity index (χ0v) is 12.9. The highest BCUT2D eigenvalue weighted by Gasteiger charge is 2.11. The van der Waals surface area contributed by atoms with Crippen molar-refractivity contribution in [3.63, 3.8) is 0 Å². The molecule has 0 radical (unpaired) electrons. The highest BCUT2D eigenvalue weighted by molar-refractivity contribution is 5.73. The molecule has 0 aliphatic heterocycles. The Morgan fingerprint density at radius 3 is 2.45 bits per heavy atom. The van der Waals surface area contributed by atoms with Gasteiger partial charge in [-0.05, 0) is 49.9 Å². The van der Waals surface area contributed by atoms with E-state index in [4.69, 9.17) is 4.74 Å². The molecule has 0 unspecified atom stereocenters. The Balaban J connectivity index is 2.42. The maximum absolute atomic E-state index is 5.67. The van der Waals surface area contributed by atoms with E-state index in [1.165, 1.54) is 27.8 Å². The average molecular weight is 269 g/mol. The molecule has 0 bridgehead atoms. The summed E-state index contributed by atoms with van der Waals surface area (Å²) in [7, 11) is 0. The summed E-state index contributed by atoms with van der Waals surface area (Å²) in [6.07, 6.45) is 2.87. The van der Waals surface area contributed by atoms with Crippen LogP contribution >= 0.6 is 0 Å². The van der Waals surface area contributed by atoms with Gasteiger partial charge in [0.2, 0.25) is 0 Å². The summed E-state index contributed by atoms with van der Waals surface area (Å²) in [6.45, 7) is 9.95. The quantitative estimate of drug-likeness (QED) is 0.740. The lowest BCUT2D eigenvalue weighted by Gasteiger charge is -2.15. The fraction of sp³-hybridized carbons (Fsp3) is 0.389. The molecule has 2 nitrogen and oxygen atoms in total. The first-order valence-electron chi connectivity index (χ1n) is 7.23. The van der Waals surface area contributed by atoms with Gasteiger partial charge in [-0.2, -0.15) is 0 Å². The van der Waals surface area contributed by atoms with Crippen molar-refractivity contribution in [3.8, 4) is 11.1 Å². The molecule has 0 amide bonds. The third-order valence-electron chi connectivity index (χ3n) is 3.42. The maximum Gasteiger partial charge on any atom is 0.0894 e. The lowest BCUT2D eigenvalue weighted by molar-refractivity contribution is 0.119. The molecule has 0 fully saturated rings. The summed E-state index contributed by atoms with van der Waals surface area (Å²) in [5, 5.41) is 0. The topological polar surface area (TPSA) is 22.1 Å². The summed E-state index contributed by atoms with van der Waals surface area (Å²) >= 11 is 0. The molecule has 106 valence electrons. The number of pyridine rings is 1. The van der Waals surface area contributed by atoms with Crippen LogP contribution in [0.3, 0.4) is 0 Å². The van der Waals surface area contributed by atoms with Crippen LogP contribution in [0.1, 0.15) is 35.7 Å². The minimum absolute atomic E-state index is 0.580. The fourth-order valence-corrected chi connectivity index (χ4v) is 2.70. The zero-order valence-electron chi connectivity index (χ0n) is 12.9. The number of aromatic nitrogens is 1. The average Bonchev–Trinajstić information content (AvgIpc) is 2.39. The second kappa shape index (κ2) is 6.67. The number of hydrogen-bond donors (Lipinski definition) is 0. The molecule has 1 aromatic heterocycles. The third-order valence-corrected chi connectivity index (χ3v) is 3.42. The molecule has 1 aromatic carbocycles. The van der Waals surface area contributed by atoms with E-state index in [-0.39, 0.29) is 0 Å². The van der Waals surface area contributed by atoms with Gasteiger partial charge in [-0.15, -0.1) is 0 Å². The number of rotatable bonds is 5. The lowest BCUT2D eigenvalue weighted by Crippen LogP contribution is -2.01. The van der Waals surface area contributed by atoms with Gasteiger partial charge >= 0.3 is 0 Å². The van der Waals surface area contributed by atoms with Gasteiger partial charge in [0.1, 0.15) is 0 Å². The van der Waals surface area contributed by atoms with Crippen molar-refractivity contribution in [2.75, 3.05) is 6.61 Å². The Morgan fingerprint density at radius 1 is 1.10 bits per heavy atom. The molecule has 0 aliphatic carbocycles. The Labute approximate surface area is 121 Å². The first-order valence-corrected chi connectivity index (χ1v) is 7.23. The van der Waals surface area contributed by atoms with E-state index in [0.717, 1.165) is 18.7 Å². The minimum Gasteiger partial charge on any atom is -0.375 e. The molecule has 2 heteroatoms. The predicted octanol–water partition coefficient (Wildman–Crippen LogP) is 4.60. The van der Waals surface area contributed by atoms with E-state index in [9.17, 15) is 0 Å². The molecular weight excluding hydrogens is 246 g/mol. The van der Waals surface area contributed by atoms with Crippen LogP contribution in [0.15, 0.2) is 30.5 Å². The SMILES string of the molecule is CCCOCc1ncccc1-c1c(C)cc(C)cc1C. The van der Waals surface area contributed by atoms with Crippen molar-refractivity contribution in [1.29, 1.82) is 0 Å². The largest absolute Gasteiger partial charge is 0.375 e. The predicted molar refractivity (Wildman–Crippen MR) is 83.8 cm³/mol. The Kier molecular flexibility index (Phi) is 4.91. The first kappa shape index (κ1) is 14.7. The summed E-state index contributed by atoms with van der Waals surface area (Å²) in [6, 6.07) is 8.59. The number of benzene rings is 1. The number of ether oxygens (including phenoxy) is 1. The van der Waals surface area contributed by atoms with Gasteiger partial charge in [0.15, 0.2) is 0 Å². The maximum atomic E-state index is 5.67. The highest BCUT2D eigenvalue weighted by atomic mass is 16.5. The van der Waals surface area contributed by atoms with Crippen molar-refractivity contribution in [2.45, 2.75) is 40.7 Å². The van der Waals surface area contributed by atoms with E-state index in [2.05, 4.69) is 50.9 Å². The van der Waals surface area contributed by atoms with Crippen LogP contribution in [-0.2, 0) is 11.3 Å². The lowest BCUT2D eigenvalue weighted by atomic mass is 9.93. The summed E-state index contributed by atoms with van der Waals surface area (Å²) in [4.78, 5) is 4.51. The molecule has 1 heterocycles. The van der Waals surface area contributed by atoms with E-state index in [0.29, 0.717) is 6.61 Å². The third kappa shape index (κ3) is 3.26. The van der Waals surface area contributed by atoms with Crippen LogP contribution in [0.25, 0.3) is 11.1 Å². The van der Waals surface area contributed by atoms with Gasteiger partial charge in [0.25, 0.3) is 0 Å². The van der Waals surface area contributed by atoms with Crippen LogP contribution in [0, 0.1) is 20.8 Å². The first-order chi connectivity index (χ1) is 9.63. The molecule has 2 aromatic rings. The van der Waals surface area contributed by atoms with Crippen LogP contribution in [0.2, 0.25) is 0 Å². The van der Waals surface area contributed by atoms with E-state index >= 15 is 0 Å². The monoisotopic (exact) mass is 269 g/mol. The summed E-state index contributed by atoms with van der Waals surface area (Å²) in [5.41, 5.74) is 7.41. The summed E-state index contributed by atoms with van der Waals surface area (Å²) < 4.78 is 5.67. The summed E-state index contributed by atoms with van der Waals surface area (Å²) in [5.74, 6) is 0. The second-order valence-corrected chi connectivity index (χ2v) is 5.32. The molecule has 2 rings (SSSR count). The molecule has 0 saturated heterocycles. The molecule has 0 N–H and O–H groups in total. The fourth-order valence-electron chi connectivity index (χ4n) is 2.70. The van der Waals surface area contributed by atoms with Gasteiger partial charge in [0.05, 0.1) is 12.3 Å². The Hall–Kier alpha value is -1.67. The smallest absolute Gasteiger partial charge is 0.0894 e. The standard InChI is InChI=1S/C18H23NO/c1-5-9-20-12-17-16(7-6-8-19-17)18-14(3)10-13(2)11-15(18)4/h6-8,10-11H,5,9,12H2,1-4H3. The van der Waals surface area contributed by atoms with Gasteiger partial charge in [0, 0.05) is 18.4 Å². The number of hydrogen-bond acceptors (Lipinski definition) is 2. The van der Waals surface area contributed by atoms with E-state index < -0.39 is 0 Å². The van der Waals surface area contributed by atoms with Gasteiger partial charge < -0.3 is 4.74 Å². The van der Waals surface area contributed by atoms with Crippen LogP contribution in [-0.4, -0.2) is 11.6 Å². The highest BCUT2D eigenvalue weighted by Crippen LogP contribution is 2.30. The van der Waals surface area contributed by atoms with Gasteiger partial charge in [-0.1, -0.05) is 30.7 Å². The molecule has 0 atom stereocenters. The zero-order chi connectivity index (χ0) is 14.5. The Morgan fingerprint density at radius 2 is 1.80 bits per heavy atom. The van der Waals surface area contributed by atoms with Gasteiger partial charge in [-0.25, -0.2) is 0 Å². The van der Waals surface area contributed by atoms with Gasteiger partial charge in [-0.3, -0.25) is 4.98 Å². The molecule has 20 heavy (non-hydrogen) atoms. The van der Waals surface area contributed by atoms with Crippen LogP contribution < -0.4 is 0 Å². The van der Waals surface area contributed by atoms with Crippen molar-refractivity contribution in [3.05, 3.63) is 52.8 Å². The minimum atomic E-state index is 0.580. The van der Waals surface area contributed by atoms with Crippen LogP contribution in [0.4, 0.5) is 0 Å². The number of aryl methyl sites for hydroxylation is 3. The molecule has 0 spiro atoms. The van der Waals surface area contributed by atoms with Crippen molar-refractivity contribution >= 4 is 0 Å². The molecule has 0 saturated carbocycles. The van der Waals surface area contributed by atoms with Crippen molar-refractivity contribution < 1.29 is 4.74 Å². The Bertz CT molecular complexity index is 567. The van der Waals surface area contributed by atoms with E-state index in [1.54, 1.807) is 0 Å².